The summed E-state index contributed by atoms with van der Waals surface area (Å²) < 4.78 is 0. The lowest BCUT2D eigenvalue weighted by atomic mass is 9.51. The molecule has 0 amide bonds. The molecule has 2 saturated carbocycles. The summed E-state index contributed by atoms with van der Waals surface area (Å²) in [6.45, 7) is 14.5. The maximum Gasteiger partial charge on any atom is 0.0578 e. The van der Waals surface area contributed by atoms with Crippen LogP contribution in [0.15, 0.2) is 47.1 Å². The molecule has 0 aliphatic heterocycles. The van der Waals surface area contributed by atoms with E-state index in [1.807, 2.05) is 0 Å². The molecule has 0 aromatic carbocycles. The van der Waals surface area contributed by atoms with Crippen molar-refractivity contribution in [1.29, 1.82) is 0 Å². The van der Waals surface area contributed by atoms with Crippen molar-refractivity contribution in [3.8, 4) is 0 Å². The quantitative estimate of drug-likeness (QED) is 0.498. The Bertz CT molecular complexity index is 765. The molecule has 1 N–H and O–H groups in total. The molecule has 2 fully saturated rings. The minimum Gasteiger partial charge on any atom is -0.393 e. The number of rotatable bonds is 4. The number of allylic oxidation sites excluding steroid dienone is 7. The van der Waals surface area contributed by atoms with Crippen molar-refractivity contribution in [2.24, 2.45) is 40.4 Å². The average Bonchev–Trinajstić information content (AvgIpc) is 3.03. The highest BCUT2D eigenvalue weighted by molar-refractivity contribution is 5.51. The van der Waals surface area contributed by atoms with E-state index in [4.69, 9.17) is 0 Å². The second kappa shape index (κ2) is 7.56. The van der Waals surface area contributed by atoms with Crippen LogP contribution in [0.25, 0.3) is 0 Å². The van der Waals surface area contributed by atoms with Gasteiger partial charge in [-0.2, -0.15) is 0 Å². The van der Waals surface area contributed by atoms with Crippen LogP contribution < -0.4 is 0 Å². The van der Waals surface area contributed by atoms with E-state index >= 15 is 0 Å². The Balaban J connectivity index is 1.58. The van der Waals surface area contributed by atoms with Gasteiger partial charge in [-0.05, 0) is 90.1 Å². The van der Waals surface area contributed by atoms with Crippen LogP contribution in [0.1, 0.15) is 80.1 Å². The first-order valence-electron chi connectivity index (χ1n) is 12.2. The molecule has 7 atom stereocenters. The smallest absolute Gasteiger partial charge is 0.0578 e. The predicted molar refractivity (Wildman–Crippen MR) is 123 cm³/mol. The molecule has 4 aliphatic carbocycles. The van der Waals surface area contributed by atoms with Gasteiger partial charge in [-0.15, -0.1) is 0 Å². The molecular weight excluding hydrogens is 352 g/mol. The fraction of sp³-hybridized carbons (Fsp3) is 0.714. The Kier molecular flexibility index (Phi) is 5.52. The van der Waals surface area contributed by atoms with Crippen LogP contribution in [0, 0.1) is 40.4 Å². The molecule has 0 saturated heterocycles. The van der Waals surface area contributed by atoms with Gasteiger partial charge in [-0.1, -0.05) is 77.5 Å². The van der Waals surface area contributed by atoms with Crippen LogP contribution in [0.3, 0.4) is 0 Å². The molecule has 0 heterocycles. The van der Waals surface area contributed by atoms with Gasteiger partial charge >= 0.3 is 0 Å². The molecular formula is C28H42O. The maximum atomic E-state index is 10.2. The van der Waals surface area contributed by atoms with Crippen molar-refractivity contribution in [3.63, 3.8) is 0 Å². The molecule has 29 heavy (non-hydrogen) atoms. The summed E-state index contributed by atoms with van der Waals surface area (Å²) in [4.78, 5) is 0. The fourth-order valence-electron chi connectivity index (χ4n) is 6.93. The summed E-state index contributed by atoms with van der Waals surface area (Å²) in [6.07, 6.45) is 19.1. The summed E-state index contributed by atoms with van der Waals surface area (Å²) in [5, 5.41) is 10.2. The second-order valence-electron chi connectivity index (χ2n) is 11.4. The number of aliphatic hydroxyl groups is 1. The van der Waals surface area contributed by atoms with E-state index in [1.165, 1.54) is 24.8 Å². The van der Waals surface area contributed by atoms with Crippen LogP contribution in [0.5, 0.6) is 0 Å². The largest absolute Gasteiger partial charge is 0.393 e. The minimum absolute atomic E-state index is 0.130. The summed E-state index contributed by atoms with van der Waals surface area (Å²) in [6, 6.07) is 0. The normalized spacial score (nSPS) is 41.2. The van der Waals surface area contributed by atoms with Crippen molar-refractivity contribution in [2.45, 2.75) is 86.2 Å². The third-order valence-electron chi connectivity index (χ3n) is 9.47. The van der Waals surface area contributed by atoms with Gasteiger partial charge in [0.05, 0.1) is 6.10 Å². The van der Waals surface area contributed by atoms with Crippen LogP contribution in [0.2, 0.25) is 0 Å². The van der Waals surface area contributed by atoms with E-state index in [0.29, 0.717) is 29.1 Å². The highest BCUT2D eigenvalue weighted by Crippen LogP contribution is 2.64. The zero-order valence-corrected chi connectivity index (χ0v) is 19.5. The van der Waals surface area contributed by atoms with Gasteiger partial charge < -0.3 is 5.11 Å². The SMILES string of the molecule is CC(C)C(C)/C=C/C(C)C1CC=C2C3=CC=C4CC(O)CCC4(C)C3CCC21C. The molecule has 7 unspecified atom stereocenters. The van der Waals surface area contributed by atoms with Gasteiger partial charge in [0.1, 0.15) is 0 Å². The van der Waals surface area contributed by atoms with Gasteiger partial charge in [0.2, 0.25) is 0 Å². The Labute approximate surface area is 179 Å². The summed E-state index contributed by atoms with van der Waals surface area (Å²) in [5.41, 5.74) is 5.39. The highest BCUT2D eigenvalue weighted by atomic mass is 16.3. The van der Waals surface area contributed by atoms with E-state index in [-0.39, 0.29) is 11.5 Å². The Morgan fingerprint density at radius 3 is 2.45 bits per heavy atom. The lowest BCUT2D eigenvalue weighted by Gasteiger charge is -2.53. The summed E-state index contributed by atoms with van der Waals surface area (Å²) in [5.74, 6) is 3.37. The lowest BCUT2D eigenvalue weighted by Crippen LogP contribution is -2.44. The first-order chi connectivity index (χ1) is 13.7. The minimum atomic E-state index is -0.130. The van der Waals surface area contributed by atoms with Crippen LogP contribution in [-0.2, 0) is 0 Å². The summed E-state index contributed by atoms with van der Waals surface area (Å²) >= 11 is 0. The van der Waals surface area contributed by atoms with Crippen molar-refractivity contribution in [3.05, 3.63) is 47.1 Å². The fourth-order valence-corrected chi connectivity index (χ4v) is 6.93. The Morgan fingerprint density at radius 2 is 1.72 bits per heavy atom. The lowest BCUT2D eigenvalue weighted by molar-refractivity contribution is 0.0719. The first-order valence-corrected chi connectivity index (χ1v) is 12.2. The van der Waals surface area contributed by atoms with Crippen LogP contribution >= 0.6 is 0 Å². The molecule has 0 bridgehead atoms. The van der Waals surface area contributed by atoms with E-state index in [1.54, 1.807) is 11.1 Å². The van der Waals surface area contributed by atoms with Gasteiger partial charge in [0.25, 0.3) is 0 Å². The average molecular weight is 395 g/mol. The number of hydrogen-bond donors (Lipinski definition) is 1. The molecule has 0 aromatic heterocycles. The monoisotopic (exact) mass is 394 g/mol. The molecule has 1 nitrogen and oxygen atoms in total. The zero-order valence-electron chi connectivity index (χ0n) is 19.5. The molecule has 4 rings (SSSR count). The first kappa shape index (κ1) is 21.2. The third-order valence-corrected chi connectivity index (χ3v) is 9.47. The number of hydrogen-bond acceptors (Lipinski definition) is 1. The second-order valence-corrected chi connectivity index (χ2v) is 11.4. The Hall–Kier alpha value is -1.08. The van der Waals surface area contributed by atoms with Gasteiger partial charge in [0.15, 0.2) is 0 Å². The van der Waals surface area contributed by atoms with Gasteiger partial charge in [0, 0.05) is 0 Å². The van der Waals surface area contributed by atoms with Crippen molar-refractivity contribution >= 4 is 0 Å². The Morgan fingerprint density at radius 1 is 1.00 bits per heavy atom. The summed E-state index contributed by atoms with van der Waals surface area (Å²) in [7, 11) is 0. The highest BCUT2D eigenvalue weighted by Gasteiger charge is 2.53. The number of fused-ring (bicyclic) bond motifs is 5. The molecule has 0 spiro atoms. The van der Waals surface area contributed by atoms with Gasteiger partial charge in [-0.3, -0.25) is 0 Å². The topological polar surface area (TPSA) is 20.2 Å². The van der Waals surface area contributed by atoms with Crippen LogP contribution in [0.4, 0.5) is 0 Å². The van der Waals surface area contributed by atoms with E-state index < -0.39 is 0 Å². The predicted octanol–water partition coefficient (Wildman–Crippen LogP) is 7.25. The van der Waals surface area contributed by atoms with Crippen LogP contribution in [-0.4, -0.2) is 11.2 Å². The van der Waals surface area contributed by atoms with E-state index in [2.05, 4.69) is 71.9 Å². The van der Waals surface area contributed by atoms with Crippen molar-refractivity contribution < 1.29 is 5.11 Å². The van der Waals surface area contributed by atoms with Gasteiger partial charge in [-0.25, -0.2) is 0 Å². The maximum absolute atomic E-state index is 10.2. The zero-order chi connectivity index (χ0) is 21.0. The molecule has 0 aromatic rings. The van der Waals surface area contributed by atoms with E-state index in [9.17, 15) is 5.11 Å². The van der Waals surface area contributed by atoms with Crippen molar-refractivity contribution in [2.75, 3.05) is 0 Å². The number of aliphatic hydroxyl groups excluding tert-OH is 1. The third kappa shape index (κ3) is 3.42. The van der Waals surface area contributed by atoms with E-state index in [0.717, 1.165) is 25.2 Å². The molecule has 1 heteroatoms. The van der Waals surface area contributed by atoms with Crippen molar-refractivity contribution in [1.82, 2.24) is 0 Å². The molecule has 4 aliphatic rings. The molecule has 0 radical (unpaired) electrons. The standard InChI is InChI=1S/C28H42O/c1-18(2)19(3)7-8-20(4)24-11-12-25-23-10-9-21-17-22(29)13-15-27(21,5)26(23)14-16-28(24,25)6/h7-10,12,18-20,22,24,26,29H,11,13-17H2,1-6H3/b8-7+. The molecule has 160 valence electrons.